The zero-order valence-corrected chi connectivity index (χ0v) is 13.4. The summed E-state index contributed by atoms with van der Waals surface area (Å²) in [4.78, 5) is 12.5. The minimum Gasteiger partial charge on any atom is -0.467 e. The van der Waals surface area contributed by atoms with Gasteiger partial charge in [0.1, 0.15) is 11.8 Å². The van der Waals surface area contributed by atoms with Crippen molar-refractivity contribution < 1.29 is 13.9 Å². The van der Waals surface area contributed by atoms with Crippen LogP contribution in [0.15, 0.2) is 58.7 Å². The molecule has 1 aromatic carbocycles. The fourth-order valence-electron chi connectivity index (χ4n) is 2.49. The van der Waals surface area contributed by atoms with Gasteiger partial charge < -0.3 is 19.8 Å². The van der Waals surface area contributed by atoms with Gasteiger partial charge in [-0.25, -0.2) is 4.79 Å². The molecule has 6 heteroatoms. The molecule has 1 atom stereocenters. The van der Waals surface area contributed by atoms with Crippen LogP contribution in [0.25, 0.3) is 5.70 Å². The first-order valence-electron chi connectivity index (χ1n) is 7.28. The van der Waals surface area contributed by atoms with Crippen LogP contribution in [-0.2, 0) is 9.53 Å². The maximum atomic E-state index is 12.5. The Morgan fingerprint density at radius 3 is 2.70 bits per heavy atom. The molecular formula is C17H16N2O3S. The van der Waals surface area contributed by atoms with Crippen LogP contribution < -0.4 is 10.6 Å². The van der Waals surface area contributed by atoms with Crippen LogP contribution in [0.1, 0.15) is 24.3 Å². The number of benzene rings is 1. The number of carbonyl (C=O) groups is 1. The van der Waals surface area contributed by atoms with Gasteiger partial charge in [0.2, 0.25) is 0 Å². The van der Waals surface area contributed by atoms with Crippen LogP contribution in [0, 0.1) is 0 Å². The number of esters is 1. The lowest BCUT2D eigenvalue weighted by atomic mass is 9.96. The fraction of sp³-hybridized carbons (Fsp3) is 0.176. The number of furan rings is 1. The summed E-state index contributed by atoms with van der Waals surface area (Å²) in [6, 6.07) is 12.6. The minimum atomic E-state index is -0.493. The van der Waals surface area contributed by atoms with E-state index in [-0.39, 0.29) is 0 Å². The van der Waals surface area contributed by atoms with Gasteiger partial charge in [-0.3, -0.25) is 0 Å². The average Bonchev–Trinajstić information content (AvgIpc) is 3.09. The standard InChI is InChI=1S/C17H16N2O3S/c1-2-21-16(20)13-14(11-7-4-3-5-8-11)18-17(23)19-15(13)12-9-6-10-22-12/h3-10,15H,2H2,1H3,(H2,18,19,23)/t15-/m0/s1. The molecule has 0 saturated carbocycles. The Morgan fingerprint density at radius 2 is 2.04 bits per heavy atom. The molecule has 1 aromatic heterocycles. The highest BCUT2D eigenvalue weighted by Crippen LogP contribution is 2.32. The Morgan fingerprint density at radius 1 is 1.26 bits per heavy atom. The van der Waals surface area contributed by atoms with Crippen LogP contribution in [0.4, 0.5) is 0 Å². The van der Waals surface area contributed by atoms with Gasteiger partial charge in [0.25, 0.3) is 0 Å². The number of thiocarbonyl (C=S) groups is 1. The van der Waals surface area contributed by atoms with Crippen molar-refractivity contribution in [1.82, 2.24) is 10.6 Å². The SMILES string of the molecule is CCOC(=O)C1=C(c2ccccc2)NC(=S)N[C@H]1c1ccco1. The summed E-state index contributed by atoms with van der Waals surface area (Å²) in [5.41, 5.74) is 1.94. The molecule has 0 spiro atoms. The molecule has 1 aliphatic heterocycles. The first-order chi connectivity index (χ1) is 11.2. The molecule has 2 heterocycles. The summed E-state index contributed by atoms with van der Waals surface area (Å²) < 4.78 is 10.7. The van der Waals surface area contributed by atoms with Crippen LogP contribution in [0.2, 0.25) is 0 Å². The molecule has 0 saturated heterocycles. The van der Waals surface area contributed by atoms with E-state index in [0.29, 0.717) is 28.7 Å². The summed E-state index contributed by atoms with van der Waals surface area (Å²) >= 11 is 5.29. The quantitative estimate of drug-likeness (QED) is 0.665. The third-order valence-corrected chi connectivity index (χ3v) is 3.68. The van der Waals surface area contributed by atoms with E-state index >= 15 is 0 Å². The topological polar surface area (TPSA) is 63.5 Å². The summed E-state index contributed by atoms with van der Waals surface area (Å²) in [5, 5.41) is 6.58. The second-order valence-electron chi connectivity index (χ2n) is 4.92. The number of carbonyl (C=O) groups excluding carboxylic acids is 1. The molecule has 3 rings (SSSR count). The van der Waals surface area contributed by atoms with E-state index < -0.39 is 12.0 Å². The number of hydrogen-bond acceptors (Lipinski definition) is 4. The van der Waals surface area contributed by atoms with Crippen molar-refractivity contribution in [1.29, 1.82) is 0 Å². The van der Waals surface area contributed by atoms with Crippen molar-refractivity contribution >= 4 is 29.0 Å². The Labute approximate surface area is 139 Å². The van der Waals surface area contributed by atoms with Crippen LogP contribution >= 0.6 is 12.2 Å². The number of hydrogen-bond donors (Lipinski definition) is 2. The molecule has 118 valence electrons. The average molecular weight is 328 g/mol. The third kappa shape index (κ3) is 3.12. The molecule has 0 radical (unpaired) electrons. The van der Waals surface area contributed by atoms with Crippen molar-refractivity contribution in [2.75, 3.05) is 6.61 Å². The van der Waals surface area contributed by atoms with Crippen molar-refractivity contribution in [3.63, 3.8) is 0 Å². The molecule has 2 aromatic rings. The van der Waals surface area contributed by atoms with Gasteiger partial charge in [-0.2, -0.15) is 0 Å². The van der Waals surface area contributed by atoms with Gasteiger partial charge in [0.15, 0.2) is 5.11 Å². The van der Waals surface area contributed by atoms with Gasteiger partial charge in [0, 0.05) is 0 Å². The molecule has 0 aliphatic carbocycles. The maximum absolute atomic E-state index is 12.5. The van der Waals surface area contributed by atoms with Crippen LogP contribution in [0.5, 0.6) is 0 Å². The van der Waals surface area contributed by atoms with Crippen LogP contribution in [-0.4, -0.2) is 17.7 Å². The second kappa shape index (κ2) is 6.66. The van der Waals surface area contributed by atoms with E-state index in [1.54, 1.807) is 25.3 Å². The summed E-state index contributed by atoms with van der Waals surface area (Å²) in [6.45, 7) is 2.07. The van der Waals surface area contributed by atoms with E-state index in [1.807, 2.05) is 30.3 Å². The molecule has 0 unspecified atom stereocenters. The molecule has 0 amide bonds. The van der Waals surface area contributed by atoms with Crippen molar-refractivity contribution in [2.24, 2.45) is 0 Å². The number of rotatable bonds is 4. The van der Waals surface area contributed by atoms with Gasteiger partial charge in [-0.15, -0.1) is 0 Å². The lowest BCUT2D eigenvalue weighted by molar-refractivity contribution is -0.138. The molecule has 0 fully saturated rings. The van der Waals surface area contributed by atoms with Gasteiger partial charge >= 0.3 is 5.97 Å². The Bertz CT molecular complexity index is 738. The van der Waals surface area contributed by atoms with Gasteiger partial charge in [-0.05, 0) is 36.8 Å². The van der Waals surface area contributed by atoms with Crippen molar-refractivity contribution in [2.45, 2.75) is 13.0 Å². The number of nitrogens with one attached hydrogen (secondary N) is 2. The largest absolute Gasteiger partial charge is 0.467 e. The van der Waals surface area contributed by atoms with Gasteiger partial charge in [-0.1, -0.05) is 30.3 Å². The Hall–Kier alpha value is -2.60. The summed E-state index contributed by atoms with van der Waals surface area (Å²) in [5.74, 6) is 0.195. The molecule has 2 N–H and O–H groups in total. The Balaban J connectivity index is 2.15. The first-order valence-corrected chi connectivity index (χ1v) is 7.69. The Kier molecular flexibility index (Phi) is 4.43. The smallest absolute Gasteiger partial charge is 0.338 e. The van der Waals surface area contributed by atoms with E-state index in [1.165, 1.54) is 0 Å². The fourth-order valence-corrected chi connectivity index (χ4v) is 2.71. The van der Waals surface area contributed by atoms with Crippen molar-refractivity contribution in [3.05, 3.63) is 65.6 Å². The summed E-state index contributed by atoms with van der Waals surface area (Å²) in [7, 11) is 0. The third-order valence-electron chi connectivity index (χ3n) is 3.46. The molecule has 23 heavy (non-hydrogen) atoms. The normalized spacial score (nSPS) is 17.4. The molecule has 0 bridgehead atoms. The highest BCUT2D eigenvalue weighted by atomic mass is 32.1. The highest BCUT2D eigenvalue weighted by Gasteiger charge is 2.34. The zero-order valence-electron chi connectivity index (χ0n) is 12.5. The molecular weight excluding hydrogens is 312 g/mol. The predicted octanol–water partition coefficient (Wildman–Crippen LogP) is 2.77. The lowest BCUT2D eigenvalue weighted by Crippen LogP contribution is -2.45. The van der Waals surface area contributed by atoms with Gasteiger partial charge in [0.05, 0.1) is 24.1 Å². The maximum Gasteiger partial charge on any atom is 0.338 e. The zero-order chi connectivity index (χ0) is 16.2. The van der Waals surface area contributed by atoms with Crippen LogP contribution in [0.3, 0.4) is 0 Å². The van der Waals surface area contributed by atoms with E-state index in [9.17, 15) is 4.79 Å². The minimum absolute atomic E-state index is 0.291. The summed E-state index contributed by atoms with van der Waals surface area (Å²) in [6.07, 6.45) is 1.56. The lowest BCUT2D eigenvalue weighted by Gasteiger charge is -2.29. The van der Waals surface area contributed by atoms with Crippen molar-refractivity contribution in [3.8, 4) is 0 Å². The second-order valence-corrected chi connectivity index (χ2v) is 5.33. The van der Waals surface area contributed by atoms with E-state index in [0.717, 1.165) is 5.56 Å². The van der Waals surface area contributed by atoms with E-state index in [2.05, 4.69) is 10.6 Å². The first kappa shape index (κ1) is 15.3. The molecule has 1 aliphatic rings. The van der Waals surface area contributed by atoms with E-state index in [4.69, 9.17) is 21.4 Å². The number of ether oxygens (including phenoxy) is 1. The predicted molar refractivity (Wildman–Crippen MR) is 90.3 cm³/mol. The highest BCUT2D eigenvalue weighted by molar-refractivity contribution is 7.80. The molecule has 5 nitrogen and oxygen atoms in total. The monoisotopic (exact) mass is 328 g/mol.